The van der Waals surface area contributed by atoms with Crippen molar-refractivity contribution >= 4 is 59.2 Å². The number of alkyl halides is 2. The predicted molar refractivity (Wildman–Crippen MR) is 117 cm³/mol. The summed E-state index contributed by atoms with van der Waals surface area (Å²) in [5.41, 5.74) is 1.83. The second-order valence-electron chi connectivity index (χ2n) is 6.30. The first kappa shape index (κ1) is 17.4. The number of ketones is 1. The highest BCUT2D eigenvalue weighted by molar-refractivity contribution is 9.12. The van der Waals surface area contributed by atoms with Gasteiger partial charge >= 0.3 is 0 Å². The Kier molecular flexibility index (Phi) is 4.92. The highest BCUT2D eigenvalue weighted by Crippen LogP contribution is 2.37. The molecule has 4 aromatic carbocycles. The van der Waals surface area contributed by atoms with Gasteiger partial charge in [-0.25, -0.2) is 0 Å². The van der Waals surface area contributed by atoms with Crippen molar-refractivity contribution in [3.63, 3.8) is 0 Å². The fourth-order valence-electron chi connectivity index (χ4n) is 3.28. The van der Waals surface area contributed by atoms with E-state index < -0.39 is 0 Å². The van der Waals surface area contributed by atoms with Gasteiger partial charge in [0.25, 0.3) is 0 Å². The molecule has 0 N–H and O–H groups in total. The summed E-state index contributed by atoms with van der Waals surface area (Å²) in [6.45, 7) is 0. The predicted octanol–water partition coefficient (Wildman–Crippen LogP) is 7.08. The quantitative estimate of drug-likeness (QED) is 0.231. The molecule has 0 heterocycles. The van der Waals surface area contributed by atoms with Gasteiger partial charge in [-0.1, -0.05) is 111 Å². The van der Waals surface area contributed by atoms with Crippen LogP contribution in [0.3, 0.4) is 0 Å². The van der Waals surface area contributed by atoms with Gasteiger partial charge in [-0.2, -0.15) is 0 Å². The van der Waals surface area contributed by atoms with Crippen LogP contribution in [-0.2, 0) is 0 Å². The van der Waals surface area contributed by atoms with Crippen molar-refractivity contribution in [3.8, 4) is 0 Å². The third-order valence-electron chi connectivity index (χ3n) is 4.66. The standard InChI is InChI=1S/C23H16Br2O/c24-21(20-11-5-9-16-7-3-4-10-19(16)20)22(25)23(26)18-13-12-15-6-1-2-8-17(15)14-18/h1-14,21-22H. The summed E-state index contributed by atoms with van der Waals surface area (Å²) < 4.78 is 0. The number of carbonyl (C=O) groups excluding carboxylic acids is 1. The molecular weight excluding hydrogens is 452 g/mol. The summed E-state index contributed by atoms with van der Waals surface area (Å²) in [5.74, 6) is 0.0746. The molecule has 0 amide bonds. The van der Waals surface area contributed by atoms with Gasteiger partial charge in [0.05, 0.1) is 9.65 Å². The Balaban J connectivity index is 1.68. The Morgan fingerprint density at radius 3 is 2.15 bits per heavy atom. The first-order valence-electron chi connectivity index (χ1n) is 8.44. The average Bonchev–Trinajstić information content (AvgIpc) is 2.71. The van der Waals surface area contributed by atoms with Crippen LogP contribution in [0.25, 0.3) is 21.5 Å². The van der Waals surface area contributed by atoms with Crippen LogP contribution in [0.1, 0.15) is 20.7 Å². The number of Topliss-reactive ketones (excluding diaryl/α,β-unsaturated/α-hetero) is 1. The van der Waals surface area contributed by atoms with E-state index in [1.807, 2.05) is 54.6 Å². The monoisotopic (exact) mass is 466 g/mol. The van der Waals surface area contributed by atoms with Crippen molar-refractivity contribution in [2.45, 2.75) is 9.65 Å². The SMILES string of the molecule is O=C(c1ccc2ccccc2c1)C(Br)C(Br)c1cccc2ccccc12. The van der Waals surface area contributed by atoms with E-state index in [9.17, 15) is 4.79 Å². The number of hydrogen-bond acceptors (Lipinski definition) is 1. The number of rotatable bonds is 4. The molecule has 0 bridgehead atoms. The van der Waals surface area contributed by atoms with Crippen LogP contribution in [-0.4, -0.2) is 10.6 Å². The molecule has 0 saturated heterocycles. The van der Waals surface area contributed by atoms with Gasteiger partial charge in [-0.15, -0.1) is 0 Å². The van der Waals surface area contributed by atoms with E-state index in [1.54, 1.807) is 0 Å². The summed E-state index contributed by atoms with van der Waals surface area (Å²) in [5, 5.41) is 4.55. The van der Waals surface area contributed by atoms with Gasteiger partial charge in [-0.05, 0) is 33.2 Å². The lowest BCUT2D eigenvalue weighted by Crippen LogP contribution is -2.19. The normalized spacial score (nSPS) is 13.6. The molecule has 0 radical (unpaired) electrons. The minimum atomic E-state index is -0.352. The van der Waals surface area contributed by atoms with Crippen molar-refractivity contribution in [1.82, 2.24) is 0 Å². The molecule has 1 nitrogen and oxygen atoms in total. The Morgan fingerprint density at radius 1 is 0.692 bits per heavy atom. The molecule has 0 aliphatic carbocycles. The summed E-state index contributed by atoms with van der Waals surface area (Å²) in [6.07, 6.45) is 0. The first-order valence-corrected chi connectivity index (χ1v) is 10.3. The van der Waals surface area contributed by atoms with Crippen LogP contribution in [0.5, 0.6) is 0 Å². The van der Waals surface area contributed by atoms with E-state index in [0.717, 1.165) is 27.3 Å². The zero-order chi connectivity index (χ0) is 18.1. The largest absolute Gasteiger partial charge is 0.293 e. The molecule has 2 atom stereocenters. The first-order chi connectivity index (χ1) is 12.6. The van der Waals surface area contributed by atoms with Crippen molar-refractivity contribution in [1.29, 1.82) is 0 Å². The third kappa shape index (κ3) is 3.22. The van der Waals surface area contributed by atoms with Gasteiger partial charge in [0.1, 0.15) is 0 Å². The van der Waals surface area contributed by atoms with Crippen LogP contribution in [0, 0.1) is 0 Å². The van der Waals surface area contributed by atoms with E-state index in [2.05, 4.69) is 62.2 Å². The van der Waals surface area contributed by atoms with Gasteiger partial charge < -0.3 is 0 Å². The van der Waals surface area contributed by atoms with Crippen LogP contribution in [0.4, 0.5) is 0 Å². The Morgan fingerprint density at radius 2 is 1.35 bits per heavy atom. The second kappa shape index (κ2) is 7.34. The number of benzene rings is 4. The fraction of sp³-hybridized carbons (Fsp3) is 0.0870. The molecule has 0 aliphatic rings. The smallest absolute Gasteiger partial charge is 0.177 e. The summed E-state index contributed by atoms with van der Waals surface area (Å²) in [7, 11) is 0. The maximum Gasteiger partial charge on any atom is 0.177 e. The van der Waals surface area contributed by atoms with Crippen molar-refractivity contribution in [2.75, 3.05) is 0 Å². The number of hydrogen-bond donors (Lipinski definition) is 0. The van der Waals surface area contributed by atoms with Crippen LogP contribution in [0.15, 0.2) is 84.9 Å². The minimum absolute atomic E-state index is 0.0746. The number of halogens is 2. The van der Waals surface area contributed by atoms with Gasteiger partial charge in [0.2, 0.25) is 0 Å². The molecule has 128 valence electrons. The molecular formula is C23H16Br2O. The highest BCUT2D eigenvalue weighted by atomic mass is 79.9. The fourth-order valence-corrected chi connectivity index (χ4v) is 4.47. The number of fused-ring (bicyclic) bond motifs is 2. The molecule has 2 unspecified atom stereocenters. The van der Waals surface area contributed by atoms with Crippen molar-refractivity contribution < 1.29 is 4.79 Å². The minimum Gasteiger partial charge on any atom is -0.293 e. The summed E-state index contributed by atoms with van der Waals surface area (Å²) >= 11 is 7.39. The Hall–Kier alpha value is -1.97. The van der Waals surface area contributed by atoms with Crippen molar-refractivity contribution in [2.24, 2.45) is 0 Å². The Labute approximate surface area is 169 Å². The second-order valence-corrected chi connectivity index (χ2v) is 8.27. The lowest BCUT2D eigenvalue weighted by Gasteiger charge is -2.18. The molecule has 3 heteroatoms. The van der Waals surface area contributed by atoms with Crippen molar-refractivity contribution in [3.05, 3.63) is 96.1 Å². The van der Waals surface area contributed by atoms with Gasteiger partial charge in [0.15, 0.2) is 5.78 Å². The topological polar surface area (TPSA) is 17.1 Å². The molecule has 0 spiro atoms. The lowest BCUT2D eigenvalue weighted by molar-refractivity contribution is 0.0991. The molecule has 0 aromatic heterocycles. The van der Waals surface area contributed by atoms with Crippen LogP contribution >= 0.6 is 31.9 Å². The molecule has 0 aliphatic heterocycles. The van der Waals surface area contributed by atoms with E-state index in [0.29, 0.717) is 0 Å². The van der Waals surface area contributed by atoms with Gasteiger partial charge in [0, 0.05) is 5.56 Å². The van der Waals surface area contributed by atoms with E-state index in [4.69, 9.17) is 0 Å². The molecule has 0 fully saturated rings. The maximum atomic E-state index is 13.1. The van der Waals surface area contributed by atoms with E-state index >= 15 is 0 Å². The summed E-state index contributed by atoms with van der Waals surface area (Å²) in [4.78, 5) is 12.6. The highest BCUT2D eigenvalue weighted by Gasteiger charge is 2.27. The maximum absolute atomic E-state index is 13.1. The Bertz CT molecular complexity index is 1100. The zero-order valence-corrected chi connectivity index (χ0v) is 17.1. The molecule has 26 heavy (non-hydrogen) atoms. The zero-order valence-electron chi connectivity index (χ0n) is 13.9. The molecule has 4 rings (SSSR count). The lowest BCUT2D eigenvalue weighted by atomic mass is 9.97. The van der Waals surface area contributed by atoms with E-state index in [-0.39, 0.29) is 15.4 Å². The van der Waals surface area contributed by atoms with E-state index in [1.165, 1.54) is 5.39 Å². The number of carbonyl (C=O) groups is 1. The van der Waals surface area contributed by atoms with Gasteiger partial charge in [-0.3, -0.25) is 4.79 Å². The average molecular weight is 468 g/mol. The third-order valence-corrected chi connectivity index (χ3v) is 7.34. The molecule has 4 aromatic rings. The van der Waals surface area contributed by atoms with Crippen LogP contribution < -0.4 is 0 Å². The van der Waals surface area contributed by atoms with Crippen LogP contribution in [0.2, 0.25) is 0 Å². The summed E-state index contributed by atoms with van der Waals surface area (Å²) in [6, 6.07) is 28.4. The molecule has 0 saturated carbocycles.